The first-order valence-corrected chi connectivity index (χ1v) is 10.5. The van der Waals surface area contributed by atoms with Crippen LogP contribution in [-0.2, 0) is 23.3 Å². The van der Waals surface area contributed by atoms with Gasteiger partial charge in [-0.2, -0.15) is 0 Å². The Morgan fingerprint density at radius 1 is 1.50 bits per heavy atom. The molecule has 141 valence electrons. The largest absolute Gasteiger partial charge is 0.460 e. The number of carbonyl (C=O) groups is 1. The molecular weight excluding hydrogens is 382 g/mol. The molecule has 0 aromatic carbocycles. The van der Waals surface area contributed by atoms with Gasteiger partial charge in [-0.25, -0.2) is 4.79 Å². The molecule has 3 radical (unpaired) electrons. The first-order chi connectivity index (χ1) is 11.9. The van der Waals surface area contributed by atoms with Crippen LogP contribution in [0.15, 0.2) is 15.8 Å². The highest BCUT2D eigenvalue weighted by Crippen LogP contribution is 2.56. The Balaban J connectivity index is 0.00000243. The second-order valence-corrected chi connectivity index (χ2v) is 8.98. The number of rotatable bonds is 5. The Labute approximate surface area is 157 Å². The van der Waals surface area contributed by atoms with Crippen LogP contribution in [0.1, 0.15) is 25.1 Å². The molecule has 1 unspecified atom stereocenters. The molecule has 3 rings (SSSR count). The SMILES string of the molecule is CC(=O)O[C@H]1C[C@H](n2cc(C)c(=O)[nH]c2=O)O[C@@H]1COP1OCCS1.[B]. The van der Waals surface area contributed by atoms with Crippen molar-refractivity contribution >= 4 is 33.3 Å². The summed E-state index contributed by atoms with van der Waals surface area (Å²) in [5, 5.41) is 0. The van der Waals surface area contributed by atoms with E-state index in [0.717, 1.165) is 5.75 Å². The average Bonchev–Trinajstić information content (AvgIpc) is 3.18. The number of hydrogen-bond donors (Lipinski definition) is 1. The van der Waals surface area contributed by atoms with E-state index in [1.54, 1.807) is 18.3 Å². The lowest BCUT2D eigenvalue weighted by molar-refractivity contribution is -0.150. The van der Waals surface area contributed by atoms with Crippen molar-refractivity contribution in [2.24, 2.45) is 0 Å². The van der Waals surface area contributed by atoms with Crippen LogP contribution in [0.4, 0.5) is 0 Å². The highest BCUT2D eigenvalue weighted by atomic mass is 32.7. The minimum atomic E-state index is -1.00. The van der Waals surface area contributed by atoms with Crippen molar-refractivity contribution in [3.05, 3.63) is 32.6 Å². The summed E-state index contributed by atoms with van der Waals surface area (Å²) < 4.78 is 23.6. The smallest absolute Gasteiger partial charge is 0.330 e. The van der Waals surface area contributed by atoms with Gasteiger partial charge >= 0.3 is 11.7 Å². The number of H-pyrrole nitrogens is 1. The van der Waals surface area contributed by atoms with Crippen LogP contribution in [0.3, 0.4) is 0 Å². The van der Waals surface area contributed by atoms with Gasteiger partial charge in [0.2, 0.25) is 7.58 Å². The maximum Gasteiger partial charge on any atom is 0.330 e. The molecule has 4 atom stereocenters. The van der Waals surface area contributed by atoms with Crippen molar-refractivity contribution in [1.29, 1.82) is 0 Å². The number of aromatic amines is 1. The Hall–Kier alpha value is -1.13. The highest BCUT2D eigenvalue weighted by Gasteiger charge is 2.40. The van der Waals surface area contributed by atoms with E-state index >= 15 is 0 Å². The number of carbonyl (C=O) groups excluding carboxylic acids is 1. The van der Waals surface area contributed by atoms with Crippen LogP contribution in [0.25, 0.3) is 0 Å². The third-order valence-electron chi connectivity index (χ3n) is 3.77. The van der Waals surface area contributed by atoms with Gasteiger partial charge in [-0.3, -0.25) is 19.1 Å². The van der Waals surface area contributed by atoms with E-state index in [9.17, 15) is 14.4 Å². The zero-order valence-electron chi connectivity index (χ0n) is 14.4. The van der Waals surface area contributed by atoms with Crippen LogP contribution in [-0.4, -0.2) is 55.1 Å². The van der Waals surface area contributed by atoms with E-state index in [4.69, 9.17) is 18.5 Å². The van der Waals surface area contributed by atoms with E-state index in [-0.39, 0.29) is 15.0 Å². The Morgan fingerprint density at radius 2 is 2.27 bits per heavy atom. The van der Waals surface area contributed by atoms with Crippen LogP contribution in [0, 0.1) is 6.92 Å². The standard InChI is InChI=1S/C14H19N2O7PS.B/c1-8-6-16(14(19)15-13(8)18)12-5-10(22-9(2)17)11(23-12)7-21-24-20-3-4-25-24;/h6,10-12H,3-5,7H2,1-2H3,(H,15,18,19);/t10-,11+,12+,24?;/m0./s1. The van der Waals surface area contributed by atoms with Gasteiger partial charge in [0.05, 0.1) is 13.2 Å². The van der Waals surface area contributed by atoms with Crippen molar-refractivity contribution in [3.8, 4) is 0 Å². The van der Waals surface area contributed by atoms with Gasteiger partial charge in [-0.15, -0.1) is 0 Å². The summed E-state index contributed by atoms with van der Waals surface area (Å²) >= 11 is 1.61. The number of esters is 1. The number of nitrogens with one attached hydrogen (secondary N) is 1. The van der Waals surface area contributed by atoms with E-state index in [1.165, 1.54) is 17.7 Å². The van der Waals surface area contributed by atoms with E-state index in [2.05, 4.69) is 4.98 Å². The summed E-state index contributed by atoms with van der Waals surface area (Å²) in [5.41, 5.74) is -0.608. The predicted octanol–water partition coefficient (Wildman–Crippen LogP) is 0.690. The Kier molecular flexibility index (Phi) is 7.48. The first-order valence-electron chi connectivity index (χ1n) is 7.77. The zero-order valence-corrected chi connectivity index (χ0v) is 16.1. The number of hydrogen-bond acceptors (Lipinski definition) is 8. The molecule has 9 nitrogen and oxygen atoms in total. The summed E-state index contributed by atoms with van der Waals surface area (Å²) in [6, 6.07) is 0. The van der Waals surface area contributed by atoms with Crippen LogP contribution >= 0.6 is 19.0 Å². The van der Waals surface area contributed by atoms with Crippen LogP contribution in [0.5, 0.6) is 0 Å². The lowest BCUT2D eigenvalue weighted by Gasteiger charge is -2.19. The highest BCUT2D eigenvalue weighted by molar-refractivity contribution is 8.53. The van der Waals surface area contributed by atoms with Crippen molar-refractivity contribution in [3.63, 3.8) is 0 Å². The molecular formula is C14H19BN2O7PS. The summed E-state index contributed by atoms with van der Waals surface area (Å²) in [7, 11) is -1.00. The van der Waals surface area contributed by atoms with Gasteiger partial charge in [-0.05, 0) is 6.92 Å². The molecule has 2 aliphatic heterocycles. The fraction of sp³-hybridized carbons (Fsp3) is 0.643. The fourth-order valence-corrected chi connectivity index (χ4v) is 5.32. The van der Waals surface area contributed by atoms with Gasteiger partial charge in [0.25, 0.3) is 5.56 Å². The van der Waals surface area contributed by atoms with Gasteiger partial charge in [0.15, 0.2) is 0 Å². The van der Waals surface area contributed by atoms with E-state index in [0.29, 0.717) is 18.6 Å². The van der Waals surface area contributed by atoms with Crippen LogP contribution < -0.4 is 11.2 Å². The van der Waals surface area contributed by atoms with Crippen LogP contribution in [0.2, 0.25) is 0 Å². The molecule has 2 saturated heterocycles. The normalized spacial score (nSPS) is 27.9. The molecule has 2 aliphatic rings. The van der Waals surface area contributed by atoms with Crippen molar-refractivity contribution in [2.75, 3.05) is 19.0 Å². The third-order valence-corrected chi connectivity index (χ3v) is 6.90. The van der Waals surface area contributed by atoms with E-state index in [1.807, 2.05) is 0 Å². The van der Waals surface area contributed by atoms with Crippen molar-refractivity contribution in [1.82, 2.24) is 9.55 Å². The topological polar surface area (TPSA) is 109 Å². The molecule has 0 bridgehead atoms. The van der Waals surface area contributed by atoms with Gasteiger partial charge in [0, 0.05) is 39.3 Å². The number of nitrogens with zero attached hydrogens (tertiary/aromatic N) is 1. The molecule has 0 amide bonds. The summed E-state index contributed by atoms with van der Waals surface area (Å²) in [6.45, 7) is 3.78. The van der Waals surface area contributed by atoms with Crippen molar-refractivity contribution < 1.29 is 23.3 Å². The van der Waals surface area contributed by atoms with Gasteiger partial charge in [-0.1, -0.05) is 11.4 Å². The monoisotopic (exact) mass is 401 g/mol. The summed E-state index contributed by atoms with van der Waals surface area (Å²) in [6.07, 6.45) is 0.0423. The maximum absolute atomic E-state index is 12.1. The molecule has 0 aliphatic carbocycles. The molecule has 0 saturated carbocycles. The lowest BCUT2D eigenvalue weighted by atomic mass is 10.2. The minimum absolute atomic E-state index is 0. The summed E-state index contributed by atoms with van der Waals surface area (Å²) in [5.74, 6) is 0.459. The number of aryl methyl sites for hydroxylation is 1. The lowest BCUT2D eigenvalue weighted by Crippen LogP contribution is -2.33. The second-order valence-electron chi connectivity index (χ2n) is 5.68. The Bertz CT molecular complexity index is 752. The quantitative estimate of drug-likeness (QED) is 0.436. The summed E-state index contributed by atoms with van der Waals surface area (Å²) in [4.78, 5) is 37.2. The second kappa shape index (κ2) is 9.19. The average molecular weight is 401 g/mol. The Morgan fingerprint density at radius 3 is 2.92 bits per heavy atom. The molecule has 1 aromatic rings. The van der Waals surface area contributed by atoms with Gasteiger partial charge < -0.3 is 18.5 Å². The zero-order chi connectivity index (χ0) is 18.0. The molecule has 1 N–H and O–H groups in total. The molecule has 3 heterocycles. The molecule has 0 spiro atoms. The van der Waals surface area contributed by atoms with Gasteiger partial charge in [0.1, 0.15) is 18.4 Å². The minimum Gasteiger partial charge on any atom is -0.460 e. The van der Waals surface area contributed by atoms with E-state index < -0.39 is 43.2 Å². The third kappa shape index (κ3) is 4.98. The molecule has 12 heteroatoms. The molecule has 1 aromatic heterocycles. The fourth-order valence-electron chi connectivity index (χ4n) is 2.63. The molecule has 2 fully saturated rings. The number of aromatic nitrogens is 2. The predicted molar refractivity (Wildman–Crippen MR) is 97.2 cm³/mol. The maximum atomic E-state index is 12.1. The number of ether oxygens (including phenoxy) is 2. The first kappa shape index (κ1) is 21.2. The molecule has 26 heavy (non-hydrogen) atoms. The van der Waals surface area contributed by atoms with Crippen molar-refractivity contribution in [2.45, 2.75) is 38.7 Å².